The number of hydrogen-bond acceptors (Lipinski definition) is 3. The molecule has 0 aliphatic heterocycles. The van der Waals surface area contributed by atoms with Gasteiger partial charge in [0.2, 0.25) is 0 Å². The maximum atomic E-state index is 6.01. The van der Waals surface area contributed by atoms with Gasteiger partial charge in [-0.15, -0.1) is 0 Å². The van der Waals surface area contributed by atoms with E-state index in [1.165, 1.54) is 0 Å². The average molecular weight is 301 g/mol. The Labute approximate surface area is 128 Å². The fourth-order valence-electron chi connectivity index (χ4n) is 2.28. The van der Waals surface area contributed by atoms with Crippen molar-refractivity contribution in [2.45, 2.75) is 19.9 Å². The van der Waals surface area contributed by atoms with Gasteiger partial charge in [-0.1, -0.05) is 18.5 Å². The molecule has 21 heavy (non-hydrogen) atoms. The van der Waals surface area contributed by atoms with Crippen LogP contribution in [0, 0.1) is 0 Å². The number of rotatable bonds is 5. The molecule has 0 unspecified atom stereocenters. The van der Waals surface area contributed by atoms with E-state index in [4.69, 9.17) is 16.0 Å². The van der Waals surface area contributed by atoms with Crippen LogP contribution in [0.3, 0.4) is 0 Å². The predicted octanol–water partition coefficient (Wildman–Crippen LogP) is 4.65. The minimum atomic E-state index is 0.713. The number of nitrogens with one attached hydrogen (secondary N) is 1. The van der Waals surface area contributed by atoms with E-state index in [0.29, 0.717) is 5.02 Å². The van der Waals surface area contributed by atoms with Crippen LogP contribution in [0.4, 0.5) is 0 Å². The molecule has 0 spiro atoms. The molecule has 0 aliphatic carbocycles. The van der Waals surface area contributed by atoms with E-state index in [-0.39, 0.29) is 0 Å². The normalized spacial score (nSPS) is 11.1. The summed E-state index contributed by atoms with van der Waals surface area (Å²) in [5, 5.41) is 5.10. The zero-order chi connectivity index (χ0) is 14.7. The van der Waals surface area contributed by atoms with Crippen molar-refractivity contribution in [1.82, 2.24) is 10.3 Å². The van der Waals surface area contributed by atoms with E-state index in [0.717, 1.165) is 47.4 Å². The number of halogens is 1. The van der Waals surface area contributed by atoms with Gasteiger partial charge in [0.25, 0.3) is 0 Å². The molecule has 0 bridgehead atoms. The van der Waals surface area contributed by atoms with E-state index >= 15 is 0 Å². The van der Waals surface area contributed by atoms with Crippen LogP contribution >= 0.6 is 11.6 Å². The van der Waals surface area contributed by atoms with E-state index in [1.54, 1.807) is 0 Å². The van der Waals surface area contributed by atoms with Crippen molar-refractivity contribution < 1.29 is 4.42 Å². The highest BCUT2D eigenvalue weighted by molar-refractivity contribution is 6.31. The van der Waals surface area contributed by atoms with Gasteiger partial charge >= 0.3 is 0 Å². The lowest BCUT2D eigenvalue weighted by Crippen LogP contribution is -2.13. The van der Waals surface area contributed by atoms with Crippen molar-refractivity contribution in [2.24, 2.45) is 0 Å². The van der Waals surface area contributed by atoms with Crippen LogP contribution in [0.2, 0.25) is 5.02 Å². The second-order valence-electron chi connectivity index (χ2n) is 5.05. The Morgan fingerprint density at radius 1 is 1.19 bits per heavy atom. The van der Waals surface area contributed by atoms with Gasteiger partial charge in [0.15, 0.2) is 0 Å². The summed E-state index contributed by atoms with van der Waals surface area (Å²) >= 11 is 6.01. The van der Waals surface area contributed by atoms with Crippen molar-refractivity contribution in [2.75, 3.05) is 6.54 Å². The number of pyridine rings is 1. The molecule has 2 heterocycles. The van der Waals surface area contributed by atoms with Crippen molar-refractivity contribution in [3.8, 4) is 11.3 Å². The van der Waals surface area contributed by atoms with Gasteiger partial charge in [0.05, 0.1) is 0 Å². The van der Waals surface area contributed by atoms with Crippen LogP contribution in [0.15, 0.2) is 47.1 Å². The molecule has 1 aromatic carbocycles. The summed E-state index contributed by atoms with van der Waals surface area (Å²) in [5.74, 6) is 0.817. The average Bonchev–Trinajstić information content (AvgIpc) is 2.91. The quantitative estimate of drug-likeness (QED) is 0.697. The number of fused-ring (bicyclic) bond motifs is 1. The lowest BCUT2D eigenvalue weighted by atomic mass is 10.1. The topological polar surface area (TPSA) is 38.1 Å². The third-order valence-corrected chi connectivity index (χ3v) is 3.55. The molecule has 0 saturated carbocycles. The van der Waals surface area contributed by atoms with Crippen molar-refractivity contribution in [3.05, 3.63) is 53.3 Å². The number of aromatic nitrogens is 1. The van der Waals surface area contributed by atoms with Crippen LogP contribution < -0.4 is 5.32 Å². The highest BCUT2D eigenvalue weighted by atomic mass is 35.5. The van der Waals surface area contributed by atoms with E-state index in [1.807, 2.05) is 36.7 Å². The largest absolute Gasteiger partial charge is 0.456 e. The van der Waals surface area contributed by atoms with E-state index in [9.17, 15) is 0 Å². The second-order valence-corrected chi connectivity index (χ2v) is 5.49. The van der Waals surface area contributed by atoms with Crippen molar-refractivity contribution in [1.29, 1.82) is 0 Å². The first-order valence-electron chi connectivity index (χ1n) is 7.10. The highest BCUT2D eigenvalue weighted by Crippen LogP contribution is 2.29. The molecule has 2 aromatic heterocycles. The third kappa shape index (κ3) is 3.26. The lowest BCUT2D eigenvalue weighted by molar-refractivity contribution is 0.630. The van der Waals surface area contributed by atoms with Crippen LogP contribution in [0.5, 0.6) is 0 Å². The second kappa shape index (κ2) is 6.29. The molecule has 0 atom stereocenters. The number of hydrogen-bond donors (Lipinski definition) is 1. The molecular weight excluding hydrogens is 284 g/mol. The standard InChI is InChI=1S/C17H17ClN2O/c1-2-5-19-9-12-6-14(11-20-10-12)17-8-13-7-15(18)3-4-16(13)21-17/h3-4,6-8,10-11,19H,2,5,9H2,1H3. The lowest BCUT2D eigenvalue weighted by Gasteiger charge is -2.04. The summed E-state index contributed by atoms with van der Waals surface area (Å²) in [5.41, 5.74) is 2.97. The number of nitrogens with zero attached hydrogens (tertiary/aromatic N) is 1. The monoisotopic (exact) mass is 300 g/mol. The molecule has 108 valence electrons. The number of furan rings is 1. The summed E-state index contributed by atoms with van der Waals surface area (Å²) in [4.78, 5) is 4.30. The van der Waals surface area contributed by atoms with Gasteiger partial charge < -0.3 is 9.73 Å². The molecule has 0 saturated heterocycles. The summed E-state index contributed by atoms with van der Waals surface area (Å²) in [6.07, 6.45) is 4.83. The summed E-state index contributed by atoms with van der Waals surface area (Å²) in [6, 6.07) is 9.74. The maximum Gasteiger partial charge on any atom is 0.136 e. The molecule has 0 amide bonds. The van der Waals surface area contributed by atoms with Gasteiger partial charge in [-0.05, 0) is 48.9 Å². The Morgan fingerprint density at radius 3 is 2.95 bits per heavy atom. The Bertz CT molecular complexity index is 751. The Kier molecular flexibility index (Phi) is 4.23. The molecule has 3 aromatic rings. The first-order valence-corrected chi connectivity index (χ1v) is 7.48. The molecule has 3 nitrogen and oxygen atoms in total. The summed E-state index contributed by atoms with van der Waals surface area (Å²) < 4.78 is 5.87. The molecule has 0 aliphatic rings. The molecule has 4 heteroatoms. The van der Waals surface area contributed by atoms with Crippen LogP contribution in [-0.4, -0.2) is 11.5 Å². The molecule has 0 radical (unpaired) electrons. The van der Waals surface area contributed by atoms with Gasteiger partial charge in [-0.2, -0.15) is 0 Å². The Morgan fingerprint density at radius 2 is 2.10 bits per heavy atom. The number of benzene rings is 1. The van der Waals surface area contributed by atoms with E-state index < -0.39 is 0 Å². The Balaban J connectivity index is 1.89. The first kappa shape index (κ1) is 14.1. The first-order chi connectivity index (χ1) is 10.3. The van der Waals surface area contributed by atoms with E-state index in [2.05, 4.69) is 23.3 Å². The third-order valence-electron chi connectivity index (χ3n) is 3.31. The zero-order valence-electron chi connectivity index (χ0n) is 11.9. The van der Waals surface area contributed by atoms with Gasteiger partial charge in [0.1, 0.15) is 11.3 Å². The van der Waals surface area contributed by atoms with Gasteiger partial charge in [-0.3, -0.25) is 4.98 Å². The smallest absolute Gasteiger partial charge is 0.136 e. The van der Waals surface area contributed by atoms with Crippen molar-refractivity contribution >= 4 is 22.6 Å². The molecule has 0 fully saturated rings. The SMILES string of the molecule is CCCNCc1cncc(-c2cc3cc(Cl)ccc3o2)c1. The Hall–Kier alpha value is -1.84. The molecule has 3 rings (SSSR count). The van der Waals surface area contributed by atoms with Crippen molar-refractivity contribution in [3.63, 3.8) is 0 Å². The maximum absolute atomic E-state index is 6.01. The van der Waals surface area contributed by atoms with Crippen LogP contribution in [-0.2, 0) is 6.54 Å². The highest BCUT2D eigenvalue weighted by Gasteiger charge is 2.07. The van der Waals surface area contributed by atoms with Crippen LogP contribution in [0.25, 0.3) is 22.3 Å². The minimum Gasteiger partial charge on any atom is -0.456 e. The molecular formula is C17H17ClN2O. The predicted molar refractivity (Wildman–Crippen MR) is 86.5 cm³/mol. The minimum absolute atomic E-state index is 0.713. The van der Waals surface area contributed by atoms with Gasteiger partial charge in [0, 0.05) is 34.9 Å². The van der Waals surface area contributed by atoms with Gasteiger partial charge in [-0.25, -0.2) is 0 Å². The summed E-state index contributed by atoms with van der Waals surface area (Å²) in [6.45, 7) is 3.98. The zero-order valence-corrected chi connectivity index (χ0v) is 12.7. The van der Waals surface area contributed by atoms with Crippen LogP contribution in [0.1, 0.15) is 18.9 Å². The fraction of sp³-hybridized carbons (Fsp3) is 0.235. The fourth-order valence-corrected chi connectivity index (χ4v) is 2.47. The molecule has 1 N–H and O–H groups in total. The summed E-state index contributed by atoms with van der Waals surface area (Å²) in [7, 11) is 0.